The van der Waals surface area contributed by atoms with Crippen LogP contribution in [0.2, 0.25) is 0 Å². The third kappa shape index (κ3) is 4.51. The number of carbonyl (C=O) groups excluding carboxylic acids is 1. The van der Waals surface area contributed by atoms with Crippen molar-refractivity contribution >= 4 is 6.09 Å². The maximum absolute atomic E-state index is 11.4. The molecular formula is C11H21NO3. The van der Waals surface area contributed by atoms with Gasteiger partial charge in [0.1, 0.15) is 5.60 Å². The molecule has 1 unspecified atom stereocenters. The lowest BCUT2D eigenvalue weighted by atomic mass is 10.1. The number of ether oxygens (including phenoxy) is 1. The fraction of sp³-hybridized carbons (Fsp3) is 0.909. The molecule has 2 N–H and O–H groups in total. The Kier molecular flexibility index (Phi) is 3.97. The van der Waals surface area contributed by atoms with Gasteiger partial charge in [-0.2, -0.15) is 0 Å². The number of aliphatic hydroxyl groups excluding tert-OH is 1. The molecule has 15 heavy (non-hydrogen) atoms. The van der Waals surface area contributed by atoms with Gasteiger partial charge in [-0.15, -0.1) is 0 Å². The van der Waals surface area contributed by atoms with Gasteiger partial charge in [0.2, 0.25) is 0 Å². The first-order valence-corrected chi connectivity index (χ1v) is 5.51. The molecule has 1 amide bonds. The van der Waals surface area contributed by atoms with Crippen molar-refractivity contribution in [1.82, 2.24) is 5.32 Å². The van der Waals surface area contributed by atoms with Gasteiger partial charge < -0.3 is 15.2 Å². The lowest BCUT2D eigenvalue weighted by Gasteiger charge is -2.21. The van der Waals surface area contributed by atoms with E-state index in [-0.39, 0.29) is 18.7 Å². The van der Waals surface area contributed by atoms with E-state index in [1.807, 2.05) is 20.8 Å². The highest BCUT2D eigenvalue weighted by molar-refractivity contribution is 5.68. The van der Waals surface area contributed by atoms with Crippen LogP contribution in [-0.2, 0) is 4.74 Å². The van der Waals surface area contributed by atoms with E-state index in [0.717, 1.165) is 19.3 Å². The molecule has 0 saturated heterocycles. The van der Waals surface area contributed by atoms with Gasteiger partial charge in [-0.3, -0.25) is 0 Å². The van der Waals surface area contributed by atoms with Crippen LogP contribution in [0.5, 0.6) is 0 Å². The van der Waals surface area contributed by atoms with Gasteiger partial charge in [-0.25, -0.2) is 4.79 Å². The van der Waals surface area contributed by atoms with Crippen LogP contribution in [-0.4, -0.2) is 29.4 Å². The van der Waals surface area contributed by atoms with Crippen LogP contribution in [0, 0.1) is 5.92 Å². The standard InChI is InChI=1S/C11H21NO3/c1-11(2,3)15-10(14)12-9-5-4-8(6-9)7-13/h8-9,13H,4-7H2,1-3H3,(H,12,14)/t8?,9-/m0/s1. The Morgan fingerprint density at radius 3 is 2.60 bits per heavy atom. The van der Waals surface area contributed by atoms with Crippen LogP contribution < -0.4 is 5.32 Å². The Morgan fingerprint density at radius 1 is 1.47 bits per heavy atom. The normalized spacial score (nSPS) is 26.4. The first kappa shape index (κ1) is 12.3. The molecule has 1 aliphatic rings. The zero-order valence-corrected chi connectivity index (χ0v) is 9.75. The summed E-state index contributed by atoms with van der Waals surface area (Å²) in [6.45, 7) is 5.75. The summed E-state index contributed by atoms with van der Waals surface area (Å²) in [5.41, 5.74) is -0.445. The zero-order valence-electron chi connectivity index (χ0n) is 9.75. The molecular weight excluding hydrogens is 194 g/mol. The molecule has 1 rings (SSSR count). The molecule has 0 radical (unpaired) electrons. The molecule has 0 aromatic heterocycles. The summed E-state index contributed by atoms with van der Waals surface area (Å²) in [5, 5.41) is 11.8. The lowest BCUT2D eigenvalue weighted by Crippen LogP contribution is -2.38. The summed E-state index contributed by atoms with van der Waals surface area (Å²) < 4.78 is 5.16. The lowest BCUT2D eigenvalue weighted by molar-refractivity contribution is 0.0503. The van der Waals surface area contributed by atoms with Crippen molar-refractivity contribution in [3.8, 4) is 0 Å². The van der Waals surface area contributed by atoms with Gasteiger partial charge in [0.05, 0.1) is 0 Å². The molecule has 4 heteroatoms. The van der Waals surface area contributed by atoms with Gasteiger partial charge in [0.25, 0.3) is 0 Å². The highest BCUT2D eigenvalue weighted by Crippen LogP contribution is 2.25. The maximum atomic E-state index is 11.4. The molecule has 0 aromatic rings. The topological polar surface area (TPSA) is 58.6 Å². The smallest absolute Gasteiger partial charge is 0.407 e. The van der Waals surface area contributed by atoms with Crippen molar-refractivity contribution in [1.29, 1.82) is 0 Å². The number of hydrogen-bond donors (Lipinski definition) is 2. The van der Waals surface area contributed by atoms with Crippen molar-refractivity contribution in [2.45, 2.75) is 51.7 Å². The zero-order chi connectivity index (χ0) is 11.5. The average molecular weight is 215 g/mol. The number of nitrogens with one attached hydrogen (secondary N) is 1. The van der Waals surface area contributed by atoms with E-state index in [4.69, 9.17) is 9.84 Å². The van der Waals surface area contributed by atoms with Crippen LogP contribution in [0.4, 0.5) is 4.79 Å². The fourth-order valence-electron chi connectivity index (χ4n) is 1.85. The highest BCUT2D eigenvalue weighted by Gasteiger charge is 2.26. The molecule has 0 bridgehead atoms. The molecule has 0 heterocycles. The minimum Gasteiger partial charge on any atom is -0.444 e. The Hall–Kier alpha value is -0.770. The van der Waals surface area contributed by atoms with E-state index in [1.54, 1.807) is 0 Å². The quantitative estimate of drug-likeness (QED) is 0.736. The summed E-state index contributed by atoms with van der Waals surface area (Å²) in [6.07, 6.45) is 2.42. The molecule has 2 atom stereocenters. The van der Waals surface area contributed by atoms with E-state index >= 15 is 0 Å². The number of aliphatic hydroxyl groups is 1. The summed E-state index contributed by atoms with van der Waals surface area (Å²) in [4.78, 5) is 11.4. The van der Waals surface area contributed by atoms with Crippen molar-refractivity contribution < 1.29 is 14.6 Å². The largest absolute Gasteiger partial charge is 0.444 e. The molecule has 88 valence electrons. The maximum Gasteiger partial charge on any atom is 0.407 e. The number of amides is 1. The number of alkyl carbamates (subject to hydrolysis) is 1. The number of rotatable bonds is 2. The van der Waals surface area contributed by atoms with Crippen LogP contribution in [0.15, 0.2) is 0 Å². The molecule has 1 fully saturated rings. The first-order valence-electron chi connectivity index (χ1n) is 5.51. The SMILES string of the molecule is CC(C)(C)OC(=O)N[C@H]1CCC(CO)C1. The average Bonchev–Trinajstić information content (AvgIpc) is 2.48. The Balaban J connectivity index is 2.28. The predicted octanol–water partition coefficient (Wildman–Crippen LogP) is 1.67. The summed E-state index contributed by atoms with van der Waals surface area (Å²) in [5.74, 6) is 0.338. The van der Waals surface area contributed by atoms with Gasteiger partial charge in [-0.1, -0.05) is 0 Å². The van der Waals surface area contributed by atoms with Gasteiger partial charge in [-0.05, 0) is 46.0 Å². The van der Waals surface area contributed by atoms with E-state index in [0.29, 0.717) is 5.92 Å². The van der Waals surface area contributed by atoms with E-state index < -0.39 is 5.60 Å². The fourth-order valence-corrected chi connectivity index (χ4v) is 1.85. The molecule has 1 aliphatic carbocycles. The second-order valence-corrected chi connectivity index (χ2v) is 5.20. The molecule has 0 aromatic carbocycles. The molecule has 4 nitrogen and oxygen atoms in total. The van der Waals surface area contributed by atoms with E-state index in [2.05, 4.69) is 5.32 Å². The van der Waals surface area contributed by atoms with Crippen molar-refractivity contribution in [3.63, 3.8) is 0 Å². The number of carbonyl (C=O) groups is 1. The summed E-state index contributed by atoms with van der Waals surface area (Å²) in [7, 11) is 0. The minimum atomic E-state index is -0.445. The number of hydrogen-bond acceptors (Lipinski definition) is 3. The van der Waals surface area contributed by atoms with Gasteiger partial charge in [0, 0.05) is 12.6 Å². The Morgan fingerprint density at radius 2 is 2.13 bits per heavy atom. The van der Waals surface area contributed by atoms with E-state index in [9.17, 15) is 4.79 Å². The first-order chi connectivity index (χ1) is 6.90. The van der Waals surface area contributed by atoms with Crippen molar-refractivity contribution in [3.05, 3.63) is 0 Å². The third-order valence-corrected chi connectivity index (χ3v) is 2.52. The van der Waals surface area contributed by atoms with E-state index in [1.165, 1.54) is 0 Å². The summed E-state index contributed by atoms with van der Waals surface area (Å²) in [6, 6.07) is 0.164. The van der Waals surface area contributed by atoms with Gasteiger partial charge in [0.15, 0.2) is 0 Å². The van der Waals surface area contributed by atoms with Crippen LogP contribution in [0.3, 0.4) is 0 Å². The van der Waals surface area contributed by atoms with Crippen LogP contribution in [0.25, 0.3) is 0 Å². The Labute approximate surface area is 91.0 Å². The van der Waals surface area contributed by atoms with Gasteiger partial charge >= 0.3 is 6.09 Å². The molecule has 0 aliphatic heterocycles. The predicted molar refractivity (Wildman–Crippen MR) is 57.6 cm³/mol. The van der Waals surface area contributed by atoms with Crippen molar-refractivity contribution in [2.24, 2.45) is 5.92 Å². The second kappa shape index (κ2) is 4.84. The van der Waals surface area contributed by atoms with Crippen molar-refractivity contribution in [2.75, 3.05) is 6.61 Å². The third-order valence-electron chi connectivity index (χ3n) is 2.52. The molecule has 0 spiro atoms. The Bertz CT molecular complexity index is 222. The molecule has 1 saturated carbocycles. The minimum absolute atomic E-state index is 0.164. The monoisotopic (exact) mass is 215 g/mol. The van der Waals surface area contributed by atoms with Crippen LogP contribution in [0.1, 0.15) is 40.0 Å². The highest BCUT2D eigenvalue weighted by atomic mass is 16.6. The second-order valence-electron chi connectivity index (χ2n) is 5.20. The van der Waals surface area contributed by atoms with Crippen LogP contribution >= 0.6 is 0 Å². The summed E-state index contributed by atoms with van der Waals surface area (Å²) >= 11 is 0.